The molecule has 5 rings (SSSR count). The average Bonchev–Trinajstić information content (AvgIpc) is 3.53. The van der Waals surface area contributed by atoms with Gasteiger partial charge in [-0.1, -0.05) is 0 Å². The quantitative estimate of drug-likeness (QED) is 0.626. The number of imidazole rings is 1. The van der Waals surface area contributed by atoms with Crippen LogP contribution in [0, 0.1) is 5.92 Å². The lowest BCUT2D eigenvalue weighted by atomic mass is 10.0. The second-order valence-electron chi connectivity index (χ2n) is 8.25. The molecule has 1 N–H and O–H groups in total. The van der Waals surface area contributed by atoms with Crippen molar-refractivity contribution in [3.05, 3.63) is 24.8 Å². The van der Waals surface area contributed by atoms with Crippen LogP contribution in [0.15, 0.2) is 24.8 Å². The predicted octanol–water partition coefficient (Wildman–Crippen LogP) is 2.94. The molecule has 0 unspecified atom stereocenters. The number of alkyl halides is 2. The topological polar surface area (TPSA) is 96.1 Å². The van der Waals surface area contributed by atoms with Gasteiger partial charge in [-0.05, 0) is 25.8 Å². The Balaban J connectivity index is 1.50. The number of hydrogen-bond donors (Lipinski definition) is 1. The van der Waals surface area contributed by atoms with Crippen molar-refractivity contribution in [2.45, 2.75) is 44.9 Å². The fraction of sp³-hybridized carbons (Fsp3) is 0.524. The SMILES string of the molecule is C[C@@H](Oc1nc(-c2cnn(C3CCOCC3)c2)cc2ncn(C(F)F)c12)[C@H]1CNC(=O)C1. The van der Waals surface area contributed by atoms with Crippen molar-refractivity contribution < 1.29 is 23.0 Å². The molecule has 2 atom stereocenters. The maximum absolute atomic E-state index is 13.6. The molecule has 9 nitrogen and oxygen atoms in total. The van der Waals surface area contributed by atoms with E-state index in [2.05, 4.69) is 20.4 Å². The Bertz CT molecular complexity index is 1120. The van der Waals surface area contributed by atoms with E-state index in [9.17, 15) is 13.6 Å². The molecule has 0 saturated carbocycles. The third-order valence-electron chi connectivity index (χ3n) is 6.16. The molecule has 2 fully saturated rings. The molecule has 5 heterocycles. The van der Waals surface area contributed by atoms with Crippen LogP contribution in [0.25, 0.3) is 22.3 Å². The van der Waals surface area contributed by atoms with Crippen LogP contribution >= 0.6 is 0 Å². The molecule has 2 saturated heterocycles. The lowest BCUT2D eigenvalue weighted by Crippen LogP contribution is -2.26. The van der Waals surface area contributed by atoms with Crippen molar-refractivity contribution in [1.29, 1.82) is 0 Å². The van der Waals surface area contributed by atoms with Crippen molar-refractivity contribution >= 4 is 16.9 Å². The van der Waals surface area contributed by atoms with Gasteiger partial charge >= 0.3 is 6.55 Å². The number of rotatable bonds is 6. The Labute approximate surface area is 182 Å². The first kappa shape index (κ1) is 20.8. The van der Waals surface area contributed by atoms with Gasteiger partial charge in [0.1, 0.15) is 17.9 Å². The van der Waals surface area contributed by atoms with E-state index in [1.807, 2.05) is 17.8 Å². The summed E-state index contributed by atoms with van der Waals surface area (Å²) in [4.78, 5) is 20.3. The fourth-order valence-electron chi connectivity index (χ4n) is 4.25. The summed E-state index contributed by atoms with van der Waals surface area (Å²) in [6.45, 7) is 0.913. The van der Waals surface area contributed by atoms with E-state index in [1.165, 1.54) is 0 Å². The maximum atomic E-state index is 13.6. The van der Waals surface area contributed by atoms with Crippen LogP contribution in [-0.4, -0.2) is 56.1 Å². The molecule has 0 radical (unpaired) electrons. The fourth-order valence-corrected chi connectivity index (χ4v) is 4.25. The summed E-state index contributed by atoms with van der Waals surface area (Å²) in [7, 11) is 0. The van der Waals surface area contributed by atoms with Crippen molar-refractivity contribution in [1.82, 2.24) is 29.6 Å². The van der Waals surface area contributed by atoms with Crippen LogP contribution in [0.4, 0.5) is 8.78 Å². The highest BCUT2D eigenvalue weighted by molar-refractivity contribution is 5.84. The number of carbonyl (C=O) groups excluding carboxylic acids is 1. The first-order valence-corrected chi connectivity index (χ1v) is 10.7. The Morgan fingerprint density at radius 2 is 2.12 bits per heavy atom. The Hall–Kier alpha value is -3.08. The van der Waals surface area contributed by atoms with Crippen LogP contribution in [0.5, 0.6) is 5.88 Å². The summed E-state index contributed by atoms with van der Waals surface area (Å²) in [5.41, 5.74) is 1.78. The highest BCUT2D eigenvalue weighted by Crippen LogP contribution is 2.33. The van der Waals surface area contributed by atoms with Gasteiger partial charge in [-0.25, -0.2) is 9.97 Å². The molecule has 32 heavy (non-hydrogen) atoms. The van der Waals surface area contributed by atoms with Crippen LogP contribution in [-0.2, 0) is 9.53 Å². The van der Waals surface area contributed by atoms with E-state index in [1.54, 1.807) is 12.3 Å². The van der Waals surface area contributed by atoms with Gasteiger partial charge in [0, 0.05) is 43.9 Å². The summed E-state index contributed by atoms with van der Waals surface area (Å²) in [6.07, 6.45) is 6.40. The second-order valence-corrected chi connectivity index (χ2v) is 8.25. The van der Waals surface area contributed by atoms with Gasteiger partial charge in [0.05, 0.1) is 23.4 Å². The third-order valence-corrected chi connectivity index (χ3v) is 6.16. The van der Waals surface area contributed by atoms with E-state index >= 15 is 0 Å². The smallest absolute Gasteiger partial charge is 0.320 e. The number of aromatic nitrogens is 5. The Morgan fingerprint density at radius 1 is 1.31 bits per heavy atom. The molecule has 2 aliphatic heterocycles. The number of hydrogen-bond acceptors (Lipinski definition) is 6. The summed E-state index contributed by atoms with van der Waals surface area (Å²) >= 11 is 0. The van der Waals surface area contributed by atoms with Gasteiger partial charge in [0.15, 0.2) is 0 Å². The zero-order chi connectivity index (χ0) is 22.2. The van der Waals surface area contributed by atoms with Gasteiger partial charge in [-0.3, -0.25) is 14.0 Å². The minimum absolute atomic E-state index is 0.0459. The molecule has 3 aromatic rings. The minimum atomic E-state index is -2.78. The molecule has 0 bridgehead atoms. The second kappa shape index (κ2) is 8.45. The molecule has 1 amide bonds. The van der Waals surface area contributed by atoms with E-state index in [4.69, 9.17) is 9.47 Å². The normalized spacial score (nSPS) is 20.8. The lowest BCUT2D eigenvalue weighted by molar-refractivity contribution is -0.119. The van der Waals surface area contributed by atoms with E-state index in [-0.39, 0.29) is 29.3 Å². The molecule has 0 spiro atoms. The first-order chi connectivity index (χ1) is 15.5. The number of nitrogens with one attached hydrogen (secondary N) is 1. The maximum Gasteiger partial charge on any atom is 0.320 e. The number of nitrogens with zero attached hydrogens (tertiary/aromatic N) is 5. The highest BCUT2D eigenvalue weighted by Gasteiger charge is 2.30. The third kappa shape index (κ3) is 3.92. The number of amides is 1. The van der Waals surface area contributed by atoms with Gasteiger partial charge in [-0.2, -0.15) is 13.9 Å². The summed E-state index contributed by atoms with van der Waals surface area (Å²) in [6, 6.07) is 1.92. The van der Waals surface area contributed by atoms with Crippen LogP contribution in [0.3, 0.4) is 0 Å². The van der Waals surface area contributed by atoms with Crippen LogP contribution in [0.2, 0.25) is 0 Å². The zero-order valence-corrected chi connectivity index (χ0v) is 17.6. The van der Waals surface area contributed by atoms with Crippen molar-refractivity contribution in [2.75, 3.05) is 19.8 Å². The summed E-state index contributed by atoms with van der Waals surface area (Å²) in [5, 5.41) is 7.25. The molecule has 2 aliphatic rings. The van der Waals surface area contributed by atoms with Crippen molar-refractivity contribution in [3.63, 3.8) is 0 Å². The van der Waals surface area contributed by atoms with Crippen LogP contribution in [0.1, 0.15) is 38.8 Å². The lowest BCUT2D eigenvalue weighted by Gasteiger charge is -2.22. The number of carbonyl (C=O) groups is 1. The van der Waals surface area contributed by atoms with Gasteiger partial charge in [0.2, 0.25) is 11.8 Å². The number of pyridine rings is 1. The summed E-state index contributed by atoms with van der Waals surface area (Å²) < 4.78 is 41.3. The Kier molecular flexibility index (Phi) is 5.50. The molecule has 170 valence electrons. The standard InChI is InChI=1S/C21H24F2N6O3/c1-12(13-6-18(30)24-8-13)32-20-19-17(25-11-28(19)21(22)23)7-16(27-20)14-9-26-29(10-14)15-2-4-31-5-3-15/h7,9-13,15,21H,2-6,8H2,1H3,(H,24,30)/t12-,13-/m1/s1. The molecular formula is C21H24F2N6O3. The van der Waals surface area contributed by atoms with Crippen molar-refractivity contribution in [2.24, 2.45) is 5.92 Å². The van der Waals surface area contributed by atoms with Crippen molar-refractivity contribution in [3.8, 4) is 17.1 Å². The molecular weight excluding hydrogens is 422 g/mol. The van der Waals surface area contributed by atoms with Gasteiger partial charge in [-0.15, -0.1) is 0 Å². The monoisotopic (exact) mass is 446 g/mol. The number of fused-ring (bicyclic) bond motifs is 1. The highest BCUT2D eigenvalue weighted by atomic mass is 19.3. The molecule has 0 aromatic carbocycles. The Morgan fingerprint density at radius 3 is 2.84 bits per heavy atom. The number of halogens is 2. The molecule has 0 aliphatic carbocycles. The van der Waals surface area contributed by atoms with E-state index < -0.39 is 12.7 Å². The van der Waals surface area contributed by atoms with Gasteiger partial charge < -0.3 is 14.8 Å². The molecule has 3 aromatic heterocycles. The zero-order valence-electron chi connectivity index (χ0n) is 17.6. The summed E-state index contributed by atoms with van der Waals surface area (Å²) in [5.74, 6) is -0.0429. The molecule has 11 heteroatoms. The largest absolute Gasteiger partial charge is 0.473 e. The van der Waals surface area contributed by atoms with E-state index in [0.717, 1.165) is 29.3 Å². The minimum Gasteiger partial charge on any atom is -0.473 e. The average molecular weight is 446 g/mol. The number of ether oxygens (including phenoxy) is 2. The first-order valence-electron chi connectivity index (χ1n) is 10.7. The predicted molar refractivity (Wildman–Crippen MR) is 110 cm³/mol. The van der Waals surface area contributed by atoms with E-state index in [0.29, 0.717) is 37.4 Å². The van der Waals surface area contributed by atoms with Gasteiger partial charge in [0.25, 0.3) is 0 Å². The van der Waals surface area contributed by atoms with Crippen LogP contribution < -0.4 is 10.1 Å².